The predicted molar refractivity (Wildman–Crippen MR) is 101 cm³/mol. The number of aromatic nitrogens is 2. The lowest BCUT2D eigenvalue weighted by atomic mass is 9.96. The summed E-state index contributed by atoms with van der Waals surface area (Å²) in [5.41, 5.74) is 4.65. The summed E-state index contributed by atoms with van der Waals surface area (Å²) in [4.78, 5) is 10.3. The monoisotopic (exact) mass is 356 g/mol. The molecule has 0 bridgehead atoms. The summed E-state index contributed by atoms with van der Waals surface area (Å²) in [5.74, 6) is 0. The second kappa shape index (κ2) is 6.77. The van der Waals surface area contributed by atoms with Crippen LogP contribution in [-0.4, -0.2) is 39.2 Å². The van der Waals surface area contributed by atoms with Crippen LogP contribution in [0.25, 0.3) is 0 Å². The van der Waals surface area contributed by atoms with Crippen LogP contribution in [0.3, 0.4) is 0 Å². The molecule has 132 valence electrons. The molecule has 0 saturated carbocycles. The zero-order valence-corrected chi connectivity index (χ0v) is 15.5. The Hall–Kier alpha value is -1.92. The summed E-state index contributed by atoms with van der Waals surface area (Å²) in [6.45, 7) is 5.90. The van der Waals surface area contributed by atoms with Crippen molar-refractivity contribution in [3.63, 3.8) is 0 Å². The molecule has 4 rings (SSSR count). The normalized spacial score (nSPS) is 26.2. The van der Waals surface area contributed by atoms with Crippen molar-refractivity contribution in [2.24, 2.45) is 0 Å². The SMILES string of the molecule is Cc1cc([C@@H]2[C@H](c3ccccn3)NC(=S)N2C[C@H]2CCCO2)c(C)[nH]1. The van der Waals surface area contributed by atoms with Crippen LogP contribution in [-0.2, 0) is 4.74 Å². The summed E-state index contributed by atoms with van der Waals surface area (Å²) in [6, 6.07) is 8.44. The molecule has 0 aliphatic carbocycles. The van der Waals surface area contributed by atoms with Gasteiger partial charge in [0.05, 0.1) is 23.9 Å². The van der Waals surface area contributed by atoms with Gasteiger partial charge in [0.15, 0.2) is 5.11 Å². The van der Waals surface area contributed by atoms with Crippen LogP contribution in [0, 0.1) is 13.8 Å². The van der Waals surface area contributed by atoms with Crippen LogP contribution in [0.1, 0.15) is 47.6 Å². The molecular weight excluding hydrogens is 332 g/mol. The molecule has 0 spiro atoms. The van der Waals surface area contributed by atoms with Gasteiger partial charge in [-0.05, 0) is 62.7 Å². The molecule has 0 aromatic carbocycles. The van der Waals surface area contributed by atoms with E-state index in [1.165, 1.54) is 17.0 Å². The molecule has 2 N–H and O–H groups in total. The van der Waals surface area contributed by atoms with E-state index in [0.717, 1.165) is 36.8 Å². The highest BCUT2D eigenvalue weighted by Gasteiger charge is 2.42. The van der Waals surface area contributed by atoms with Crippen LogP contribution in [0.2, 0.25) is 0 Å². The molecule has 2 aliphatic heterocycles. The maximum atomic E-state index is 5.87. The van der Waals surface area contributed by atoms with E-state index in [9.17, 15) is 0 Å². The van der Waals surface area contributed by atoms with Crippen molar-refractivity contribution < 1.29 is 4.74 Å². The fraction of sp³-hybridized carbons (Fsp3) is 0.474. The molecule has 2 aromatic heterocycles. The van der Waals surface area contributed by atoms with E-state index in [0.29, 0.717) is 0 Å². The second-order valence-corrected chi connectivity index (χ2v) is 7.33. The Morgan fingerprint density at radius 2 is 2.24 bits per heavy atom. The minimum Gasteiger partial charge on any atom is -0.376 e. The molecule has 0 radical (unpaired) electrons. The molecule has 0 amide bonds. The predicted octanol–water partition coefficient (Wildman–Crippen LogP) is 3.18. The van der Waals surface area contributed by atoms with Crippen LogP contribution in [0.15, 0.2) is 30.5 Å². The van der Waals surface area contributed by atoms with Gasteiger partial charge in [-0.2, -0.15) is 0 Å². The maximum Gasteiger partial charge on any atom is 0.170 e. The zero-order chi connectivity index (χ0) is 17.4. The van der Waals surface area contributed by atoms with Gasteiger partial charge in [0, 0.05) is 30.7 Å². The van der Waals surface area contributed by atoms with E-state index in [-0.39, 0.29) is 18.2 Å². The lowest BCUT2D eigenvalue weighted by Gasteiger charge is -2.29. The molecule has 25 heavy (non-hydrogen) atoms. The van der Waals surface area contributed by atoms with Crippen molar-refractivity contribution in [1.82, 2.24) is 20.2 Å². The number of rotatable bonds is 4. The molecule has 6 heteroatoms. The number of thiocarbonyl (C=S) groups is 1. The van der Waals surface area contributed by atoms with Gasteiger partial charge in [-0.3, -0.25) is 4.98 Å². The van der Waals surface area contributed by atoms with Gasteiger partial charge in [0.1, 0.15) is 0 Å². The molecular formula is C19H24N4OS. The number of pyridine rings is 1. The average Bonchev–Trinajstić information content (AvgIpc) is 3.30. The van der Waals surface area contributed by atoms with Crippen molar-refractivity contribution in [3.8, 4) is 0 Å². The van der Waals surface area contributed by atoms with Crippen molar-refractivity contribution in [3.05, 3.63) is 53.1 Å². The number of H-pyrrole nitrogens is 1. The summed E-state index contributed by atoms with van der Waals surface area (Å²) in [5, 5.41) is 4.29. The van der Waals surface area contributed by atoms with Gasteiger partial charge in [-0.15, -0.1) is 0 Å². The molecule has 4 heterocycles. The standard InChI is InChI=1S/C19H24N4OS/c1-12-10-15(13(2)21-12)18-17(16-7-3-4-8-20-16)22-19(25)23(18)11-14-6-5-9-24-14/h3-4,7-8,10,14,17-18,21H,5-6,9,11H2,1-2H3,(H,22,25)/t14-,17+,18-/m1/s1. The topological polar surface area (TPSA) is 53.2 Å². The van der Waals surface area contributed by atoms with Crippen LogP contribution in [0.5, 0.6) is 0 Å². The second-order valence-electron chi connectivity index (χ2n) is 6.95. The molecule has 0 unspecified atom stereocenters. The number of nitrogens with one attached hydrogen (secondary N) is 2. The van der Waals surface area contributed by atoms with Gasteiger partial charge in [0.2, 0.25) is 0 Å². The van der Waals surface area contributed by atoms with Gasteiger partial charge in [-0.25, -0.2) is 0 Å². The first kappa shape index (κ1) is 16.5. The molecule has 2 aliphatic rings. The minimum absolute atomic E-state index is 0.0454. The van der Waals surface area contributed by atoms with Gasteiger partial charge in [-0.1, -0.05) is 6.07 Å². The quantitative estimate of drug-likeness (QED) is 0.824. The zero-order valence-electron chi connectivity index (χ0n) is 14.7. The van der Waals surface area contributed by atoms with Crippen molar-refractivity contribution in [2.45, 2.75) is 44.9 Å². The molecule has 2 fully saturated rings. The average molecular weight is 356 g/mol. The van der Waals surface area contributed by atoms with E-state index in [1.54, 1.807) is 0 Å². The summed E-state index contributed by atoms with van der Waals surface area (Å²) in [7, 11) is 0. The van der Waals surface area contributed by atoms with Crippen LogP contribution in [0.4, 0.5) is 0 Å². The van der Waals surface area contributed by atoms with Crippen LogP contribution >= 0.6 is 12.2 Å². The molecule has 2 aromatic rings. The number of aromatic amines is 1. The summed E-state index contributed by atoms with van der Waals surface area (Å²) >= 11 is 5.70. The first-order valence-corrected chi connectivity index (χ1v) is 9.30. The Balaban J connectivity index is 1.71. The first-order chi connectivity index (χ1) is 12.1. The van der Waals surface area contributed by atoms with E-state index < -0.39 is 0 Å². The fourth-order valence-corrected chi connectivity index (χ4v) is 4.32. The van der Waals surface area contributed by atoms with Gasteiger partial charge >= 0.3 is 0 Å². The van der Waals surface area contributed by atoms with E-state index in [4.69, 9.17) is 17.0 Å². The Bertz CT molecular complexity index is 754. The van der Waals surface area contributed by atoms with Gasteiger partial charge in [0.25, 0.3) is 0 Å². The summed E-state index contributed by atoms with van der Waals surface area (Å²) in [6.07, 6.45) is 4.33. The van der Waals surface area contributed by atoms with E-state index in [2.05, 4.69) is 46.2 Å². The van der Waals surface area contributed by atoms with Gasteiger partial charge < -0.3 is 19.9 Å². The third-order valence-corrected chi connectivity index (χ3v) is 5.48. The summed E-state index contributed by atoms with van der Waals surface area (Å²) < 4.78 is 5.87. The number of ether oxygens (including phenoxy) is 1. The Kier molecular flexibility index (Phi) is 4.48. The lowest BCUT2D eigenvalue weighted by molar-refractivity contribution is 0.0842. The minimum atomic E-state index is 0.0454. The third kappa shape index (κ3) is 3.16. The number of hydrogen-bond donors (Lipinski definition) is 2. The van der Waals surface area contributed by atoms with Crippen LogP contribution < -0.4 is 5.32 Å². The largest absolute Gasteiger partial charge is 0.376 e. The van der Waals surface area contributed by atoms with Crippen molar-refractivity contribution >= 4 is 17.3 Å². The molecule has 3 atom stereocenters. The van der Waals surface area contributed by atoms with E-state index in [1.807, 2.05) is 18.3 Å². The Morgan fingerprint density at radius 1 is 1.36 bits per heavy atom. The highest BCUT2D eigenvalue weighted by atomic mass is 32.1. The third-order valence-electron chi connectivity index (χ3n) is 5.13. The highest BCUT2D eigenvalue weighted by molar-refractivity contribution is 7.80. The van der Waals surface area contributed by atoms with E-state index >= 15 is 0 Å². The number of nitrogens with zero attached hydrogens (tertiary/aromatic N) is 2. The maximum absolute atomic E-state index is 5.87. The Morgan fingerprint density at radius 3 is 2.88 bits per heavy atom. The van der Waals surface area contributed by atoms with Crippen molar-refractivity contribution in [1.29, 1.82) is 0 Å². The number of hydrogen-bond acceptors (Lipinski definition) is 3. The smallest absolute Gasteiger partial charge is 0.170 e. The molecule has 2 saturated heterocycles. The number of aryl methyl sites for hydroxylation is 2. The molecule has 5 nitrogen and oxygen atoms in total. The van der Waals surface area contributed by atoms with Crippen molar-refractivity contribution in [2.75, 3.05) is 13.2 Å². The fourth-order valence-electron chi connectivity index (χ4n) is 4.00. The lowest BCUT2D eigenvalue weighted by Crippen LogP contribution is -2.36. The first-order valence-electron chi connectivity index (χ1n) is 8.89. The Labute approximate surface area is 153 Å². The highest BCUT2D eigenvalue weighted by Crippen LogP contribution is 2.40.